The molecule has 3 N–H and O–H groups in total. The summed E-state index contributed by atoms with van der Waals surface area (Å²) in [5.41, 5.74) is 8.61. The van der Waals surface area contributed by atoms with Gasteiger partial charge in [0.2, 0.25) is 5.95 Å². The molecule has 0 bridgehead atoms. The molecule has 9 heteroatoms. The van der Waals surface area contributed by atoms with Crippen LogP contribution in [0, 0.1) is 5.82 Å². The van der Waals surface area contributed by atoms with E-state index in [0.717, 1.165) is 43.0 Å². The molecule has 0 spiro atoms. The molecule has 4 aromatic rings. The molecule has 1 saturated heterocycles. The van der Waals surface area contributed by atoms with Crippen LogP contribution in [0.4, 0.5) is 21.8 Å². The van der Waals surface area contributed by atoms with Crippen LogP contribution < -0.4 is 16.0 Å². The van der Waals surface area contributed by atoms with E-state index >= 15 is 0 Å². The van der Waals surface area contributed by atoms with Gasteiger partial charge in [0.1, 0.15) is 17.8 Å². The monoisotopic (exact) mass is 404 g/mol. The van der Waals surface area contributed by atoms with Crippen molar-refractivity contribution in [2.45, 2.75) is 18.9 Å². The van der Waals surface area contributed by atoms with E-state index in [1.807, 2.05) is 6.07 Å². The standard InChI is InChI=1S/C21H21FN8/c22-17-6-2-1-5-16(17)18-8-7-15-10-25-21(30(15)28-18)27-19-11-24-13-26-20(19)29-9-3-4-14(23)12-29/h1-2,5-8,10-11,13-14H,3-4,9,12,23H2,(H,25,27)/t14-/m0/s1. The molecule has 8 nitrogen and oxygen atoms in total. The van der Waals surface area contributed by atoms with E-state index in [1.54, 1.807) is 41.2 Å². The van der Waals surface area contributed by atoms with Crippen LogP contribution in [0.1, 0.15) is 12.8 Å². The number of imidazole rings is 1. The lowest BCUT2D eigenvalue weighted by molar-refractivity contribution is 0.503. The summed E-state index contributed by atoms with van der Waals surface area (Å²) in [5.74, 6) is 0.960. The van der Waals surface area contributed by atoms with Crippen molar-refractivity contribution in [3.63, 3.8) is 0 Å². The molecule has 0 unspecified atom stereocenters. The van der Waals surface area contributed by atoms with Crippen LogP contribution in [0.15, 0.2) is 55.1 Å². The molecule has 0 radical (unpaired) electrons. The van der Waals surface area contributed by atoms with E-state index in [1.165, 1.54) is 12.4 Å². The zero-order chi connectivity index (χ0) is 20.5. The highest BCUT2D eigenvalue weighted by Gasteiger charge is 2.21. The van der Waals surface area contributed by atoms with E-state index in [9.17, 15) is 4.39 Å². The molecule has 152 valence electrons. The first-order chi connectivity index (χ1) is 14.7. The van der Waals surface area contributed by atoms with Gasteiger partial charge in [0, 0.05) is 24.7 Å². The predicted molar refractivity (Wildman–Crippen MR) is 113 cm³/mol. The van der Waals surface area contributed by atoms with Crippen LogP contribution in [0.5, 0.6) is 0 Å². The molecule has 0 saturated carbocycles. The largest absolute Gasteiger partial charge is 0.353 e. The van der Waals surface area contributed by atoms with Crippen LogP contribution in [0.3, 0.4) is 0 Å². The molecule has 5 rings (SSSR count). The first kappa shape index (κ1) is 18.4. The quantitative estimate of drug-likeness (QED) is 0.540. The summed E-state index contributed by atoms with van der Waals surface area (Å²) in [7, 11) is 0. The molecular weight excluding hydrogens is 383 g/mol. The van der Waals surface area contributed by atoms with Gasteiger partial charge in [-0.3, -0.25) is 0 Å². The Morgan fingerprint density at radius 2 is 2.00 bits per heavy atom. The normalized spacial score (nSPS) is 16.7. The van der Waals surface area contributed by atoms with Crippen molar-refractivity contribution in [1.82, 2.24) is 24.6 Å². The molecule has 0 amide bonds. The summed E-state index contributed by atoms with van der Waals surface area (Å²) in [5, 5.41) is 7.88. The zero-order valence-electron chi connectivity index (χ0n) is 16.2. The molecule has 1 aromatic carbocycles. The van der Waals surface area contributed by atoms with Crippen LogP contribution in [0.2, 0.25) is 0 Å². The lowest BCUT2D eigenvalue weighted by Gasteiger charge is -2.32. The van der Waals surface area contributed by atoms with Crippen molar-refractivity contribution in [2.24, 2.45) is 5.73 Å². The Morgan fingerprint density at radius 1 is 1.10 bits per heavy atom. The second-order valence-electron chi connectivity index (χ2n) is 7.35. The highest BCUT2D eigenvalue weighted by molar-refractivity contribution is 5.71. The number of hydrogen-bond acceptors (Lipinski definition) is 7. The summed E-state index contributed by atoms with van der Waals surface area (Å²) in [6, 6.07) is 10.3. The van der Waals surface area contributed by atoms with Gasteiger partial charge < -0.3 is 16.0 Å². The van der Waals surface area contributed by atoms with Crippen molar-refractivity contribution in [3.05, 3.63) is 60.9 Å². The Labute approximate surface area is 172 Å². The van der Waals surface area contributed by atoms with E-state index in [-0.39, 0.29) is 11.9 Å². The van der Waals surface area contributed by atoms with Gasteiger partial charge >= 0.3 is 0 Å². The highest BCUT2D eigenvalue weighted by Crippen LogP contribution is 2.28. The molecule has 0 aliphatic carbocycles. The Hall–Kier alpha value is -3.59. The third-order valence-corrected chi connectivity index (χ3v) is 5.23. The summed E-state index contributed by atoms with van der Waals surface area (Å²) in [6.07, 6.45) is 6.98. The van der Waals surface area contributed by atoms with Crippen LogP contribution >= 0.6 is 0 Å². The maximum absolute atomic E-state index is 14.2. The van der Waals surface area contributed by atoms with Crippen molar-refractivity contribution in [1.29, 1.82) is 0 Å². The van der Waals surface area contributed by atoms with Crippen molar-refractivity contribution in [3.8, 4) is 11.3 Å². The van der Waals surface area contributed by atoms with Gasteiger partial charge in [0.15, 0.2) is 5.82 Å². The lowest BCUT2D eigenvalue weighted by Crippen LogP contribution is -2.43. The Morgan fingerprint density at radius 3 is 2.87 bits per heavy atom. The number of aromatic nitrogens is 5. The maximum atomic E-state index is 14.2. The van der Waals surface area contributed by atoms with Crippen molar-refractivity contribution >= 4 is 23.0 Å². The van der Waals surface area contributed by atoms with Gasteiger partial charge in [-0.2, -0.15) is 9.61 Å². The minimum Gasteiger partial charge on any atom is -0.353 e. The average molecular weight is 404 g/mol. The Balaban J connectivity index is 1.51. The third kappa shape index (κ3) is 3.43. The molecule has 1 aliphatic rings. The molecule has 30 heavy (non-hydrogen) atoms. The maximum Gasteiger partial charge on any atom is 0.229 e. The Kier molecular flexibility index (Phi) is 4.72. The minimum absolute atomic E-state index is 0.124. The van der Waals surface area contributed by atoms with Gasteiger partial charge in [0.05, 0.1) is 23.6 Å². The first-order valence-corrected chi connectivity index (χ1v) is 9.86. The van der Waals surface area contributed by atoms with Crippen LogP contribution in [0.25, 0.3) is 16.8 Å². The topological polar surface area (TPSA) is 97.3 Å². The van der Waals surface area contributed by atoms with Gasteiger partial charge in [0.25, 0.3) is 0 Å². The summed E-state index contributed by atoms with van der Waals surface area (Å²) in [4.78, 5) is 15.2. The molecule has 4 heterocycles. The summed E-state index contributed by atoms with van der Waals surface area (Å²) in [6.45, 7) is 1.63. The lowest BCUT2D eigenvalue weighted by atomic mass is 10.1. The smallest absolute Gasteiger partial charge is 0.229 e. The molecule has 3 aromatic heterocycles. The number of nitrogens with two attached hydrogens (primary N) is 1. The van der Waals surface area contributed by atoms with E-state index in [4.69, 9.17) is 5.73 Å². The van der Waals surface area contributed by atoms with Gasteiger partial charge in [-0.15, -0.1) is 0 Å². The second-order valence-corrected chi connectivity index (χ2v) is 7.35. The van der Waals surface area contributed by atoms with Crippen molar-refractivity contribution in [2.75, 3.05) is 23.3 Å². The minimum atomic E-state index is -0.320. The van der Waals surface area contributed by atoms with E-state index in [0.29, 0.717) is 17.2 Å². The van der Waals surface area contributed by atoms with Gasteiger partial charge in [-0.05, 0) is 37.1 Å². The van der Waals surface area contributed by atoms with E-state index in [2.05, 4.69) is 30.3 Å². The van der Waals surface area contributed by atoms with Crippen LogP contribution in [-0.2, 0) is 0 Å². The average Bonchev–Trinajstić information content (AvgIpc) is 3.16. The molecular formula is C21H21FN8. The highest BCUT2D eigenvalue weighted by atomic mass is 19.1. The number of nitrogens with one attached hydrogen (secondary N) is 1. The number of halogens is 1. The third-order valence-electron chi connectivity index (χ3n) is 5.23. The summed E-state index contributed by atoms with van der Waals surface area (Å²) < 4.78 is 15.9. The fourth-order valence-corrected chi connectivity index (χ4v) is 3.77. The molecule has 1 aliphatic heterocycles. The number of fused-ring (bicyclic) bond motifs is 1. The number of anilines is 3. The number of nitrogens with zero attached hydrogens (tertiary/aromatic N) is 6. The zero-order valence-corrected chi connectivity index (χ0v) is 16.2. The molecule has 1 atom stereocenters. The fourth-order valence-electron chi connectivity index (χ4n) is 3.77. The van der Waals surface area contributed by atoms with E-state index < -0.39 is 0 Å². The predicted octanol–water partition coefficient (Wildman–Crippen LogP) is 3.00. The number of hydrogen-bond donors (Lipinski definition) is 2. The number of piperidine rings is 1. The number of benzene rings is 1. The molecule has 1 fully saturated rings. The summed E-state index contributed by atoms with van der Waals surface area (Å²) >= 11 is 0. The van der Waals surface area contributed by atoms with Crippen molar-refractivity contribution < 1.29 is 4.39 Å². The van der Waals surface area contributed by atoms with Gasteiger partial charge in [-0.25, -0.2) is 19.3 Å². The first-order valence-electron chi connectivity index (χ1n) is 9.86. The number of rotatable bonds is 4. The van der Waals surface area contributed by atoms with Crippen LogP contribution in [-0.4, -0.2) is 43.7 Å². The fraction of sp³-hybridized carbons (Fsp3) is 0.238. The Bertz CT molecular complexity index is 1190. The van der Waals surface area contributed by atoms with Gasteiger partial charge in [-0.1, -0.05) is 12.1 Å². The second kappa shape index (κ2) is 7.68. The SMILES string of the molecule is N[C@H]1CCCN(c2ncncc2Nc2ncc3ccc(-c4ccccc4F)nn23)C1.